The number of amides is 1. The van der Waals surface area contributed by atoms with Gasteiger partial charge in [-0.2, -0.15) is 0 Å². The molecule has 1 aliphatic carbocycles. The van der Waals surface area contributed by atoms with Crippen LogP contribution in [0.5, 0.6) is 0 Å². The molecule has 1 aliphatic heterocycles. The molecule has 7 nitrogen and oxygen atoms in total. The van der Waals surface area contributed by atoms with Gasteiger partial charge in [0.25, 0.3) is 0 Å². The standard InChI is InChI=1S/C23H42N4O3/c1-3-24-23(25-16-11-6-5-10-14-21(28)30-4-2)26-20-15-17-27(18-20)22(29)19-12-8-7-9-13-19/h19-20H,3-18H2,1-2H3,(H2,24,25,26). The van der Waals surface area contributed by atoms with Crippen molar-refractivity contribution in [2.24, 2.45) is 10.9 Å². The van der Waals surface area contributed by atoms with Crippen molar-refractivity contribution in [3.8, 4) is 0 Å². The number of esters is 1. The Kier molecular flexibility index (Phi) is 11.6. The third kappa shape index (κ3) is 8.92. The molecule has 0 aromatic heterocycles. The molecule has 2 fully saturated rings. The van der Waals surface area contributed by atoms with Crippen LogP contribution in [0.3, 0.4) is 0 Å². The lowest BCUT2D eigenvalue weighted by Gasteiger charge is -2.26. The van der Waals surface area contributed by atoms with Crippen molar-refractivity contribution in [1.29, 1.82) is 0 Å². The van der Waals surface area contributed by atoms with Crippen LogP contribution >= 0.6 is 0 Å². The zero-order valence-electron chi connectivity index (χ0n) is 19.1. The molecule has 0 spiro atoms. The lowest BCUT2D eigenvalue weighted by Crippen LogP contribution is -2.45. The van der Waals surface area contributed by atoms with E-state index in [1.54, 1.807) is 0 Å². The number of hydrogen-bond donors (Lipinski definition) is 2. The number of rotatable bonds is 11. The molecule has 0 bridgehead atoms. The Morgan fingerprint density at radius 1 is 1.03 bits per heavy atom. The number of likely N-dealkylation sites (tertiary alicyclic amines) is 1. The Bertz CT molecular complexity index is 547. The zero-order chi connectivity index (χ0) is 21.6. The van der Waals surface area contributed by atoms with Gasteiger partial charge in [0.05, 0.1) is 6.61 Å². The van der Waals surface area contributed by atoms with Crippen LogP contribution in [0.4, 0.5) is 0 Å². The highest BCUT2D eigenvalue weighted by Crippen LogP contribution is 2.26. The molecule has 7 heteroatoms. The topological polar surface area (TPSA) is 83.0 Å². The summed E-state index contributed by atoms with van der Waals surface area (Å²) in [7, 11) is 0. The first-order valence-corrected chi connectivity index (χ1v) is 12.1. The second-order valence-electron chi connectivity index (χ2n) is 8.48. The molecule has 2 N–H and O–H groups in total. The van der Waals surface area contributed by atoms with E-state index in [9.17, 15) is 9.59 Å². The second-order valence-corrected chi connectivity index (χ2v) is 8.48. The van der Waals surface area contributed by atoms with Gasteiger partial charge in [0.2, 0.25) is 5.91 Å². The summed E-state index contributed by atoms with van der Waals surface area (Å²) in [5, 5.41) is 6.84. The number of nitrogens with one attached hydrogen (secondary N) is 2. The van der Waals surface area contributed by atoms with Crippen LogP contribution < -0.4 is 10.6 Å². The van der Waals surface area contributed by atoms with Crippen molar-refractivity contribution in [3.63, 3.8) is 0 Å². The smallest absolute Gasteiger partial charge is 0.305 e. The van der Waals surface area contributed by atoms with Crippen LogP contribution in [0.1, 0.15) is 84.5 Å². The minimum atomic E-state index is -0.0956. The molecule has 1 saturated heterocycles. The fraction of sp³-hybridized carbons (Fsp3) is 0.870. The molecule has 0 radical (unpaired) electrons. The van der Waals surface area contributed by atoms with E-state index in [0.29, 0.717) is 18.9 Å². The van der Waals surface area contributed by atoms with E-state index < -0.39 is 0 Å². The first kappa shape index (κ1) is 24.5. The fourth-order valence-electron chi connectivity index (χ4n) is 4.36. The second kappa shape index (κ2) is 14.3. The van der Waals surface area contributed by atoms with E-state index in [1.165, 1.54) is 19.3 Å². The predicted octanol–water partition coefficient (Wildman–Crippen LogP) is 3.24. The lowest BCUT2D eigenvalue weighted by atomic mass is 9.88. The molecule has 1 unspecified atom stereocenters. The van der Waals surface area contributed by atoms with Crippen molar-refractivity contribution in [2.75, 3.05) is 32.8 Å². The molecule has 30 heavy (non-hydrogen) atoms. The van der Waals surface area contributed by atoms with Crippen LogP contribution in [0.15, 0.2) is 4.99 Å². The summed E-state index contributed by atoms with van der Waals surface area (Å²) in [5.41, 5.74) is 0. The zero-order valence-corrected chi connectivity index (χ0v) is 19.1. The largest absolute Gasteiger partial charge is 0.466 e. The quantitative estimate of drug-likeness (QED) is 0.231. The average Bonchev–Trinajstić information content (AvgIpc) is 3.22. The molecular formula is C23H42N4O3. The minimum Gasteiger partial charge on any atom is -0.466 e. The Labute approximate surface area is 182 Å². The van der Waals surface area contributed by atoms with E-state index in [0.717, 1.165) is 77.1 Å². The van der Waals surface area contributed by atoms with Crippen molar-refractivity contribution in [3.05, 3.63) is 0 Å². The van der Waals surface area contributed by atoms with Gasteiger partial charge in [-0.15, -0.1) is 0 Å². The molecule has 172 valence electrons. The number of aliphatic imine (C=N–C) groups is 1. The summed E-state index contributed by atoms with van der Waals surface area (Å²) in [6, 6.07) is 0.278. The van der Waals surface area contributed by atoms with Gasteiger partial charge >= 0.3 is 5.97 Å². The Hall–Kier alpha value is -1.79. The number of unbranched alkanes of at least 4 members (excludes halogenated alkanes) is 3. The SMILES string of the molecule is CCNC(=NCCCCCCC(=O)OCC)NC1CCN(C(=O)C2CCCCC2)C1. The van der Waals surface area contributed by atoms with Gasteiger partial charge in [-0.3, -0.25) is 14.6 Å². The highest BCUT2D eigenvalue weighted by Gasteiger charge is 2.31. The van der Waals surface area contributed by atoms with E-state index in [-0.39, 0.29) is 17.9 Å². The maximum Gasteiger partial charge on any atom is 0.305 e. The van der Waals surface area contributed by atoms with E-state index >= 15 is 0 Å². The first-order valence-electron chi connectivity index (χ1n) is 12.1. The highest BCUT2D eigenvalue weighted by atomic mass is 16.5. The Morgan fingerprint density at radius 3 is 2.53 bits per heavy atom. The summed E-state index contributed by atoms with van der Waals surface area (Å²) in [4.78, 5) is 30.8. The van der Waals surface area contributed by atoms with Crippen molar-refractivity contribution in [1.82, 2.24) is 15.5 Å². The summed E-state index contributed by atoms with van der Waals surface area (Å²) in [6.07, 6.45) is 11.3. The molecule has 0 aromatic rings. The van der Waals surface area contributed by atoms with Crippen LogP contribution in [0, 0.1) is 5.92 Å². The highest BCUT2D eigenvalue weighted by molar-refractivity contribution is 5.81. The Balaban J connectivity index is 1.65. The summed E-state index contributed by atoms with van der Waals surface area (Å²) in [5.74, 6) is 1.37. The fourth-order valence-corrected chi connectivity index (χ4v) is 4.36. The number of hydrogen-bond acceptors (Lipinski definition) is 4. The Morgan fingerprint density at radius 2 is 1.80 bits per heavy atom. The molecule has 1 heterocycles. The van der Waals surface area contributed by atoms with E-state index in [1.807, 2.05) is 6.92 Å². The van der Waals surface area contributed by atoms with Gasteiger partial charge in [-0.1, -0.05) is 32.1 Å². The van der Waals surface area contributed by atoms with Gasteiger partial charge < -0.3 is 20.3 Å². The number of guanidine groups is 1. The maximum absolute atomic E-state index is 12.8. The summed E-state index contributed by atoms with van der Waals surface area (Å²) >= 11 is 0. The molecule has 2 aliphatic rings. The van der Waals surface area contributed by atoms with Crippen LogP contribution in [-0.4, -0.2) is 61.6 Å². The number of carbonyl (C=O) groups excluding carboxylic acids is 2. The lowest BCUT2D eigenvalue weighted by molar-refractivity contribution is -0.143. The van der Waals surface area contributed by atoms with Crippen molar-refractivity contribution >= 4 is 17.8 Å². The number of carbonyl (C=O) groups is 2. The summed E-state index contributed by atoms with van der Waals surface area (Å²) < 4.78 is 4.95. The van der Waals surface area contributed by atoms with Gasteiger partial charge in [0.1, 0.15) is 0 Å². The molecule has 1 saturated carbocycles. The van der Waals surface area contributed by atoms with Gasteiger partial charge in [0, 0.05) is 44.6 Å². The third-order valence-corrected chi connectivity index (χ3v) is 6.00. The molecule has 0 aromatic carbocycles. The van der Waals surface area contributed by atoms with Gasteiger partial charge in [-0.05, 0) is 46.0 Å². The van der Waals surface area contributed by atoms with Crippen LogP contribution in [-0.2, 0) is 14.3 Å². The van der Waals surface area contributed by atoms with Gasteiger partial charge in [-0.25, -0.2) is 0 Å². The molecule has 1 amide bonds. The van der Waals surface area contributed by atoms with Gasteiger partial charge in [0.15, 0.2) is 5.96 Å². The molecular weight excluding hydrogens is 380 g/mol. The predicted molar refractivity (Wildman–Crippen MR) is 120 cm³/mol. The number of ether oxygens (including phenoxy) is 1. The summed E-state index contributed by atoms with van der Waals surface area (Å²) in [6.45, 7) is 7.60. The van der Waals surface area contributed by atoms with Crippen molar-refractivity contribution in [2.45, 2.75) is 90.5 Å². The van der Waals surface area contributed by atoms with Crippen molar-refractivity contribution < 1.29 is 14.3 Å². The van der Waals surface area contributed by atoms with E-state index in [2.05, 4.69) is 22.5 Å². The maximum atomic E-state index is 12.8. The number of nitrogens with zero attached hydrogens (tertiary/aromatic N) is 2. The molecule has 2 rings (SSSR count). The normalized spacial score (nSPS) is 20.3. The van der Waals surface area contributed by atoms with Crippen LogP contribution in [0.25, 0.3) is 0 Å². The molecule has 1 atom stereocenters. The minimum absolute atomic E-state index is 0.0956. The van der Waals surface area contributed by atoms with Crippen LogP contribution in [0.2, 0.25) is 0 Å². The van der Waals surface area contributed by atoms with E-state index in [4.69, 9.17) is 9.73 Å². The monoisotopic (exact) mass is 422 g/mol. The first-order chi connectivity index (χ1) is 14.6. The average molecular weight is 423 g/mol. The third-order valence-electron chi connectivity index (χ3n) is 6.00.